The van der Waals surface area contributed by atoms with Gasteiger partial charge < -0.3 is 5.32 Å². The normalized spacial score (nSPS) is 9.25. The van der Waals surface area contributed by atoms with Gasteiger partial charge in [0.2, 0.25) is 5.91 Å². The van der Waals surface area contributed by atoms with Gasteiger partial charge >= 0.3 is 0 Å². The molecule has 0 fully saturated rings. The van der Waals surface area contributed by atoms with E-state index in [1.807, 2.05) is 0 Å². The zero-order valence-electron chi connectivity index (χ0n) is 8.40. The Bertz CT molecular complexity index is 454. The summed E-state index contributed by atoms with van der Waals surface area (Å²) in [5, 5.41) is 2.51. The minimum Gasteiger partial charge on any atom is -0.345 e. The lowest BCUT2D eigenvalue weighted by atomic mass is 10.2. The van der Waals surface area contributed by atoms with Gasteiger partial charge in [0.15, 0.2) is 0 Å². The van der Waals surface area contributed by atoms with Crippen molar-refractivity contribution in [3.05, 3.63) is 32.5 Å². The van der Waals surface area contributed by atoms with E-state index in [0.29, 0.717) is 8.95 Å². The Hall–Kier alpha value is -0.860. The molecular formula is C11H8Br2FNO. The Morgan fingerprint density at radius 1 is 1.50 bits per heavy atom. The average Bonchev–Trinajstić information content (AvgIpc) is 2.14. The molecule has 1 N–H and O–H groups in total. The molecule has 1 amide bonds. The number of benzene rings is 1. The molecule has 0 aliphatic rings. The standard InChI is InChI=1S/C11H8Br2FNO/c1-7(16)15-4-2-3-9-10(13)5-8(12)6-11(9)14/h5-6H,4H2,1H3,(H,15,16). The molecule has 16 heavy (non-hydrogen) atoms. The van der Waals surface area contributed by atoms with E-state index in [1.54, 1.807) is 6.07 Å². The second-order valence-corrected chi connectivity index (χ2v) is 4.73. The van der Waals surface area contributed by atoms with Crippen molar-refractivity contribution in [1.29, 1.82) is 0 Å². The van der Waals surface area contributed by atoms with E-state index in [0.717, 1.165) is 0 Å². The van der Waals surface area contributed by atoms with Crippen LogP contribution in [0.2, 0.25) is 0 Å². The number of hydrogen-bond donors (Lipinski definition) is 1. The predicted octanol–water partition coefficient (Wildman–Crippen LogP) is 2.84. The Morgan fingerprint density at radius 3 is 2.75 bits per heavy atom. The van der Waals surface area contributed by atoms with E-state index < -0.39 is 5.82 Å². The van der Waals surface area contributed by atoms with Crippen molar-refractivity contribution >= 4 is 37.8 Å². The van der Waals surface area contributed by atoms with Crippen molar-refractivity contribution < 1.29 is 9.18 Å². The molecular weight excluding hydrogens is 341 g/mol. The van der Waals surface area contributed by atoms with Gasteiger partial charge in [-0.25, -0.2) is 4.39 Å². The molecule has 0 bridgehead atoms. The van der Waals surface area contributed by atoms with Crippen molar-refractivity contribution in [2.75, 3.05) is 6.54 Å². The molecule has 0 aliphatic carbocycles. The minimum absolute atomic E-state index is 0.162. The van der Waals surface area contributed by atoms with Crippen LogP contribution in [-0.2, 0) is 4.79 Å². The summed E-state index contributed by atoms with van der Waals surface area (Å²) in [5.41, 5.74) is 0.286. The average molecular weight is 349 g/mol. The third-order valence-electron chi connectivity index (χ3n) is 1.65. The van der Waals surface area contributed by atoms with Gasteiger partial charge in [0, 0.05) is 15.9 Å². The molecule has 84 valence electrons. The Kier molecular flexibility index (Phi) is 4.97. The summed E-state index contributed by atoms with van der Waals surface area (Å²) >= 11 is 6.39. The lowest BCUT2D eigenvalue weighted by Gasteiger charge is -1.99. The third kappa shape index (κ3) is 3.95. The number of halogens is 3. The quantitative estimate of drug-likeness (QED) is 0.777. The van der Waals surface area contributed by atoms with Gasteiger partial charge in [-0.05, 0) is 28.1 Å². The molecule has 0 aliphatic heterocycles. The van der Waals surface area contributed by atoms with Gasteiger partial charge in [0.25, 0.3) is 0 Å². The molecule has 0 atom stereocenters. The first-order chi connectivity index (χ1) is 7.50. The van der Waals surface area contributed by atoms with E-state index in [4.69, 9.17) is 0 Å². The van der Waals surface area contributed by atoms with E-state index in [9.17, 15) is 9.18 Å². The van der Waals surface area contributed by atoms with Crippen LogP contribution in [0.5, 0.6) is 0 Å². The highest BCUT2D eigenvalue weighted by molar-refractivity contribution is 9.11. The summed E-state index contributed by atoms with van der Waals surface area (Å²) in [5.74, 6) is 4.75. The van der Waals surface area contributed by atoms with Crippen LogP contribution in [0.1, 0.15) is 12.5 Å². The van der Waals surface area contributed by atoms with Gasteiger partial charge in [-0.2, -0.15) is 0 Å². The monoisotopic (exact) mass is 347 g/mol. The summed E-state index contributed by atoms with van der Waals surface area (Å²) in [4.78, 5) is 10.6. The first-order valence-electron chi connectivity index (χ1n) is 4.38. The molecule has 0 spiro atoms. The predicted molar refractivity (Wildman–Crippen MR) is 67.4 cm³/mol. The van der Waals surface area contributed by atoms with E-state index >= 15 is 0 Å². The summed E-state index contributed by atoms with van der Waals surface area (Å²) in [6.45, 7) is 1.61. The first kappa shape index (κ1) is 13.2. The number of hydrogen-bond acceptors (Lipinski definition) is 1. The lowest BCUT2D eigenvalue weighted by Crippen LogP contribution is -2.19. The molecule has 0 saturated carbocycles. The fourth-order valence-electron chi connectivity index (χ4n) is 0.963. The fourth-order valence-corrected chi connectivity index (χ4v) is 2.24. The minimum atomic E-state index is -0.406. The maximum atomic E-state index is 13.4. The van der Waals surface area contributed by atoms with Crippen LogP contribution in [0, 0.1) is 17.7 Å². The highest BCUT2D eigenvalue weighted by atomic mass is 79.9. The Balaban J connectivity index is 2.84. The smallest absolute Gasteiger partial charge is 0.217 e. The fraction of sp³-hybridized carbons (Fsp3) is 0.182. The molecule has 0 saturated heterocycles. The molecule has 1 rings (SSSR count). The zero-order valence-corrected chi connectivity index (χ0v) is 11.6. The van der Waals surface area contributed by atoms with Gasteiger partial charge in [-0.15, -0.1) is 0 Å². The molecule has 0 heterocycles. The highest BCUT2D eigenvalue weighted by Gasteiger charge is 2.05. The summed E-state index contributed by atoms with van der Waals surface area (Å²) in [6.07, 6.45) is 0. The summed E-state index contributed by atoms with van der Waals surface area (Å²) in [6, 6.07) is 3.05. The molecule has 2 nitrogen and oxygen atoms in total. The number of carbonyl (C=O) groups excluding carboxylic acids is 1. The number of rotatable bonds is 1. The van der Waals surface area contributed by atoms with Gasteiger partial charge in [-0.3, -0.25) is 4.79 Å². The van der Waals surface area contributed by atoms with Crippen LogP contribution in [-0.4, -0.2) is 12.5 Å². The van der Waals surface area contributed by atoms with Crippen molar-refractivity contribution in [1.82, 2.24) is 5.32 Å². The van der Waals surface area contributed by atoms with Crippen LogP contribution < -0.4 is 5.32 Å². The zero-order chi connectivity index (χ0) is 12.1. The molecule has 1 aromatic rings. The second kappa shape index (κ2) is 6.02. The Labute approximate surface area is 110 Å². The van der Waals surface area contributed by atoms with Crippen LogP contribution in [0.25, 0.3) is 0 Å². The van der Waals surface area contributed by atoms with Crippen molar-refractivity contribution in [2.45, 2.75) is 6.92 Å². The summed E-state index contributed by atoms with van der Waals surface area (Å²) in [7, 11) is 0. The first-order valence-corrected chi connectivity index (χ1v) is 5.97. The number of carbonyl (C=O) groups is 1. The van der Waals surface area contributed by atoms with Crippen LogP contribution >= 0.6 is 31.9 Å². The summed E-state index contributed by atoms with van der Waals surface area (Å²) < 4.78 is 14.7. The number of amides is 1. The van der Waals surface area contributed by atoms with Crippen molar-refractivity contribution in [3.63, 3.8) is 0 Å². The van der Waals surface area contributed by atoms with Gasteiger partial charge in [0.05, 0.1) is 12.1 Å². The van der Waals surface area contributed by atoms with E-state index in [2.05, 4.69) is 49.0 Å². The molecule has 5 heteroatoms. The maximum Gasteiger partial charge on any atom is 0.217 e. The van der Waals surface area contributed by atoms with E-state index in [1.165, 1.54) is 13.0 Å². The lowest BCUT2D eigenvalue weighted by molar-refractivity contribution is -0.118. The SMILES string of the molecule is CC(=O)NCC#Cc1c(F)cc(Br)cc1Br. The second-order valence-electron chi connectivity index (χ2n) is 2.96. The molecule has 0 unspecified atom stereocenters. The Morgan fingerprint density at radius 2 is 2.19 bits per heavy atom. The maximum absolute atomic E-state index is 13.4. The highest BCUT2D eigenvalue weighted by Crippen LogP contribution is 2.24. The number of nitrogens with one attached hydrogen (secondary N) is 1. The van der Waals surface area contributed by atoms with Gasteiger partial charge in [-0.1, -0.05) is 27.8 Å². The largest absolute Gasteiger partial charge is 0.345 e. The van der Waals surface area contributed by atoms with Crippen molar-refractivity contribution in [3.8, 4) is 11.8 Å². The van der Waals surface area contributed by atoms with E-state index in [-0.39, 0.29) is 18.0 Å². The van der Waals surface area contributed by atoms with Crippen LogP contribution in [0.3, 0.4) is 0 Å². The van der Waals surface area contributed by atoms with Crippen molar-refractivity contribution in [2.24, 2.45) is 0 Å². The molecule has 0 radical (unpaired) electrons. The van der Waals surface area contributed by atoms with Crippen LogP contribution in [0.15, 0.2) is 21.1 Å². The topological polar surface area (TPSA) is 29.1 Å². The van der Waals surface area contributed by atoms with Gasteiger partial charge in [0.1, 0.15) is 5.82 Å². The molecule has 0 aromatic heterocycles. The van der Waals surface area contributed by atoms with Crippen LogP contribution in [0.4, 0.5) is 4.39 Å². The third-order valence-corrected chi connectivity index (χ3v) is 2.73. The molecule has 1 aromatic carbocycles.